The highest BCUT2D eigenvalue weighted by Gasteiger charge is 2.20. The lowest BCUT2D eigenvalue weighted by Gasteiger charge is -2.09. The number of carbonyl (C=O) groups excluding carboxylic acids is 1. The minimum Gasteiger partial charge on any atom is -0.506 e. The van der Waals surface area contributed by atoms with E-state index < -0.39 is 24.2 Å². The summed E-state index contributed by atoms with van der Waals surface area (Å²) in [4.78, 5) is 16.3. The van der Waals surface area contributed by atoms with Gasteiger partial charge in [0.2, 0.25) is 0 Å². The number of aliphatic imine (C=N–C) groups is 1. The number of benzene rings is 2. The lowest BCUT2D eigenvalue weighted by Crippen LogP contribution is -2.12. The molecule has 0 saturated heterocycles. The molecule has 0 aromatic heterocycles. The van der Waals surface area contributed by atoms with E-state index in [1.165, 1.54) is 18.2 Å². The van der Waals surface area contributed by atoms with Gasteiger partial charge in [-0.15, -0.1) is 0 Å². The maximum absolute atomic E-state index is 14.3. The van der Waals surface area contributed by atoms with Gasteiger partial charge in [0.25, 0.3) is 0 Å². The fourth-order valence-corrected chi connectivity index (χ4v) is 2.10. The number of esters is 1. The monoisotopic (exact) mass is 343 g/mol. The molecule has 130 valence electrons. The second-order valence-corrected chi connectivity index (χ2v) is 5.01. The molecule has 0 bridgehead atoms. The molecule has 2 rings (SSSR count). The summed E-state index contributed by atoms with van der Waals surface area (Å²) in [6.07, 6.45) is 1.13. The van der Waals surface area contributed by atoms with Crippen molar-refractivity contribution in [2.75, 3.05) is 6.61 Å². The second kappa shape index (κ2) is 8.75. The third kappa shape index (κ3) is 4.51. The average Bonchev–Trinajstić information content (AvgIpc) is 2.63. The number of rotatable bonds is 6. The zero-order valence-electron chi connectivity index (χ0n) is 13.6. The smallest absolute Gasteiger partial charge is 0.343 e. The molecule has 0 aliphatic heterocycles. The van der Waals surface area contributed by atoms with E-state index in [0.717, 1.165) is 6.21 Å². The summed E-state index contributed by atoms with van der Waals surface area (Å²) >= 11 is 0. The number of ether oxygens (including phenoxy) is 1. The van der Waals surface area contributed by atoms with Crippen LogP contribution in [0.4, 0.5) is 10.1 Å². The molecular weight excluding hydrogens is 325 g/mol. The molecule has 0 saturated carbocycles. The summed E-state index contributed by atoms with van der Waals surface area (Å²) in [5, 5.41) is 19.6. The minimum atomic E-state index is -0.825. The van der Waals surface area contributed by atoms with Crippen molar-refractivity contribution in [1.29, 1.82) is 0 Å². The van der Waals surface area contributed by atoms with Crippen LogP contribution >= 0.6 is 0 Å². The summed E-state index contributed by atoms with van der Waals surface area (Å²) < 4.78 is 19.3. The van der Waals surface area contributed by atoms with Gasteiger partial charge in [-0.05, 0) is 25.1 Å². The Morgan fingerprint density at radius 1 is 1.20 bits per heavy atom. The van der Waals surface area contributed by atoms with Crippen molar-refractivity contribution in [3.05, 3.63) is 71.0 Å². The van der Waals surface area contributed by atoms with Crippen LogP contribution in [0.25, 0.3) is 5.76 Å². The van der Waals surface area contributed by atoms with Crippen molar-refractivity contribution in [3.8, 4) is 0 Å². The molecule has 2 aromatic carbocycles. The molecule has 0 atom stereocenters. The summed E-state index contributed by atoms with van der Waals surface area (Å²) in [7, 11) is 0. The largest absolute Gasteiger partial charge is 0.506 e. The van der Waals surface area contributed by atoms with E-state index in [-0.39, 0.29) is 23.3 Å². The topological polar surface area (TPSA) is 79.1 Å². The van der Waals surface area contributed by atoms with Crippen LogP contribution in [0.1, 0.15) is 18.1 Å². The summed E-state index contributed by atoms with van der Waals surface area (Å²) in [6.45, 7) is 1.18. The van der Waals surface area contributed by atoms with Gasteiger partial charge in [-0.25, -0.2) is 9.18 Å². The number of para-hydroxylation sites is 1. The first-order chi connectivity index (χ1) is 12.1. The third-order valence-electron chi connectivity index (χ3n) is 3.35. The third-order valence-corrected chi connectivity index (χ3v) is 3.35. The number of carbonyl (C=O) groups is 1. The summed E-state index contributed by atoms with van der Waals surface area (Å²) in [5.74, 6) is -2.24. The summed E-state index contributed by atoms with van der Waals surface area (Å²) in [5.41, 5.74) is 0.0720. The highest BCUT2D eigenvalue weighted by molar-refractivity contribution is 6.15. The standard InChI is InChI=1S/C19H18FNO4/c1-2-25-19(24)16(11-21-14-8-4-3-5-9-14)18(23)15-10-6-7-13(12-22)17(15)20/h3-11,22-23H,2,12H2,1H3/b18-16+,21-11?. The van der Waals surface area contributed by atoms with Gasteiger partial charge < -0.3 is 14.9 Å². The molecule has 0 amide bonds. The lowest BCUT2D eigenvalue weighted by molar-refractivity contribution is -0.137. The molecule has 6 heteroatoms. The van der Waals surface area contributed by atoms with Crippen molar-refractivity contribution in [2.24, 2.45) is 4.99 Å². The SMILES string of the molecule is CCOC(=O)/C(C=Nc1ccccc1)=C(/O)c1cccc(CO)c1F. The molecule has 0 aliphatic carbocycles. The Morgan fingerprint density at radius 2 is 1.92 bits per heavy atom. The molecule has 2 N–H and O–H groups in total. The maximum atomic E-state index is 14.3. The van der Waals surface area contributed by atoms with E-state index in [9.17, 15) is 14.3 Å². The van der Waals surface area contributed by atoms with E-state index in [1.54, 1.807) is 31.2 Å². The van der Waals surface area contributed by atoms with Gasteiger partial charge in [0.05, 0.1) is 24.5 Å². The number of aliphatic hydroxyl groups is 2. The Hall–Kier alpha value is -2.99. The van der Waals surface area contributed by atoms with Gasteiger partial charge >= 0.3 is 5.97 Å². The molecule has 0 spiro atoms. The number of aliphatic hydroxyl groups excluding tert-OH is 2. The molecule has 0 fully saturated rings. The van der Waals surface area contributed by atoms with Crippen molar-refractivity contribution in [3.63, 3.8) is 0 Å². The van der Waals surface area contributed by atoms with Crippen molar-refractivity contribution in [2.45, 2.75) is 13.5 Å². The van der Waals surface area contributed by atoms with E-state index >= 15 is 0 Å². The fourth-order valence-electron chi connectivity index (χ4n) is 2.10. The molecule has 5 nitrogen and oxygen atoms in total. The molecule has 0 radical (unpaired) electrons. The molecule has 0 unspecified atom stereocenters. The van der Waals surface area contributed by atoms with E-state index in [2.05, 4.69) is 4.99 Å². The second-order valence-electron chi connectivity index (χ2n) is 5.01. The van der Waals surface area contributed by atoms with Gasteiger partial charge in [-0.2, -0.15) is 0 Å². The average molecular weight is 343 g/mol. The Morgan fingerprint density at radius 3 is 2.56 bits per heavy atom. The van der Waals surface area contributed by atoms with Crippen LogP contribution in [-0.4, -0.2) is 29.0 Å². The van der Waals surface area contributed by atoms with Crippen LogP contribution in [0.3, 0.4) is 0 Å². The number of nitrogens with zero attached hydrogens (tertiary/aromatic N) is 1. The first-order valence-corrected chi connectivity index (χ1v) is 7.66. The van der Waals surface area contributed by atoms with Gasteiger partial charge in [-0.3, -0.25) is 4.99 Å². The summed E-state index contributed by atoms with van der Waals surface area (Å²) in [6, 6.07) is 12.9. The number of hydrogen-bond donors (Lipinski definition) is 2. The van der Waals surface area contributed by atoms with Crippen LogP contribution in [0, 0.1) is 5.82 Å². The Bertz CT molecular complexity index is 800. The zero-order chi connectivity index (χ0) is 18.2. The lowest BCUT2D eigenvalue weighted by atomic mass is 10.0. The van der Waals surface area contributed by atoms with Crippen LogP contribution in [0.15, 0.2) is 59.1 Å². The predicted molar refractivity (Wildman–Crippen MR) is 93.1 cm³/mol. The van der Waals surface area contributed by atoms with Crippen LogP contribution in [0.5, 0.6) is 0 Å². The highest BCUT2D eigenvalue weighted by atomic mass is 19.1. The Labute approximate surface area is 144 Å². The predicted octanol–water partition coefficient (Wildman–Crippen LogP) is 3.55. The van der Waals surface area contributed by atoms with Gasteiger partial charge in [0, 0.05) is 11.8 Å². The molecular formula is C19H18FNO4. The van der Waals surface area contributed by atoms with Crippen molar-refractivity contribution >= 4 is 23.6 Å². The van der Waals surface area contributed by atoms with Crippen LogP contribution < -0.4 is 0 Å². The minimum absolute atomic E-state index is 0.00672. The Kier molecular flexibility index (Phi) is 6.42. The molecule has 2 aromatic rings. The normalized spacial score (nSPS) is 12.1. The van der Waals surface area contributed by atoms with Crippen LogP contribution in [-0.2, 0) is 16.1 Å². The van der Waals surface area contributed by atoms with E-state index in [1.807, 2.05) is 6.07 Å². The van der Waals surface area contributed by atoms with Crippen molar-refractivity contribution in [1.82, 2.24) is 0 Å². The van der Waals surface area contributed by atoms with Gasteiger partial charge in [-0.1, -0.05) is 30.3 Å². The Balaban J connectivity index is 2.51. The van der Waals surface area contributed by atoms with Gasteiger partial charge in [0.15, 0.2) is 0 Å². The van der Waals surface area contributed by atoms with Crippen LogP contribution in [0.2, 0.25) is 0 Å². The highest BCUT2D eigenvalue weighted by Crippen LogP contribution is 2.23. The van der Waals surface area contributed by atoms with Crippen molar-refractivity contribution < 1.29 is 24.1 Å². The molecule has 0 heterocycles. The number of hydrogen-bond acceptors (Lipinski definition) is 5. The first-order valence-electron chi connectivity index (χ1n) is 7.66. The van der Waals surface area contributed by atoms with E-state index in [0.29, 0.717) is 5.69 Å². The zero-order valence-corrected chi connectivity index (χ0v) is 13.6. The number of halogens is 1. The quantitative estimate of drug-likeness (QED) is 0.364. The van der Waals surface area contributed by atoms with Gasteiger partial charge in [0.1, 0.15) is 17.1 Å². The first kappa shape index (κ1) is 18.4. The maximum Gasteiger partial charge on any atom is 0.343 e. The molecule has 25 heavy (non-hydrogen) atoms. The fraction of sp³-hybridized carbons (Fsp3) is 0.158. The molecule has 0 aliphatic rings. The van der Waals surface area contributed by atoms with E-state index in [4.69, 9.17) is 9.84 Å².